The molecule has 2 aromatic carbocycles. The molecule has 0 N–H and O–H groups in total. The third kappa shape index (κ3) is 5.20. The number of hydrogen-bond donors (Lipinski definition) is 0. The molecule has 8 nitrogen and oxygen atoms in total. The van der Waals surface area contributed by atoms with Crippen molar-refractivity contribution in [3.05, 3.63) is 58.9 Å². The molecule has 5 rings (SSSR count). The topological polar surface area (TPSA) is 76.9 Å². The lowest BCUT2D eigenvalue weighted by molar-refractivity contribution is -0.0507. The van der Waals surface area contributed by atoms with Crippen LogP contribution in [0.4, 0.5) is 13.6 Å². The Kier molecular flexibility index (Phi) is 6.20. The van der Waals surface area contributed by atoms with Gasteiger partial charge in [-0.3, -0.25) is 4.79 Å². The molecule has 2 atom stereocenters. The molecule has 10 heteroatoms. The average molecular weight is 554 g/mol. The Labute approximate surface area is 236 Å². The fraction of sp³-hybridized carbons (Fsp3) is 0.433. The van der Waals surface area contributed by atoms with E-state index in [1.807, 2.05) is 31.4 Å². The van der Waals surface area contributed by atoms with Gasteiger partial charge in [-0.2, -0.15) is 8.78 Å². The summed E-state index contributed by atoms with van der Waals surface area (Å²) < 4.78 is 63.1. The normalized spacial score (nSPS) is 19.1. The van der Waals surface area contributed by atoms with E-state index in [1.165, 1.54) is 23.1 Å². The maximum absolute atomic E-state index is 13.5. The van der Waals surface area contributed by atoms with Crippen LogP contribution in [0.5, 0.6) is 5.75 Å². The fourth-order valence-electron chi connectivity index (χ4n) is 5.19. The van der Waals surface area contributed by atoms with Gasteiger partial charge in [0.15, 0.2) is 0 Å². The molecule has 2 amide bonds. The van der Waals surface area contributed by atoms with Gasteiger partial charge in [0.25, 0.3) is 5.91 Å². The van der Waals surface area contributed by atoms with Crippen LogP contribution < -0.4 is 4.74 Å². The zero-order valence-electron chi connectivity index (χ0n) is 25.7. The number of amides is 2. The zero-order chi connectivity index (χ0) is 31.3. The summed E-state index contributed by atoms with van der Waals surface area (Å²) in [6.45, 7) is -0.0289. The third-order valence-corrected chi connectivity index (χ3v) is 6.88. The number of rotatable bonds is 5. The lowest BCUT2D eigenvalue weighted by atomic mass is 9.97. The van der Waals surface area contributed by atoms with Gasteiger partial charge in [-0.1, -0.05) is 17.9 Å². The van der Waals surface area contributed by atoms with Crippen LogP contribution in [-0.2, 0) is 4.74 Å². The number of nitrogens with zero attached hydrogens (tertiary/aromatic N) is 4. The summed E-state index contributed by atoms with van der Waals surface area (Å²) in [6, 6.07) is 7.99. The number of hydrogen-bond acceptors (Lipinski definition) is 5. The van der Waals surface area contributed by atoms with E-state index < -0.39 is 43.3 Å². The van der Waals surface area contributed by atoms with E-state index in [-0.39, 0.29) is 23.3 Å². The Bertz CT molecular complexity index is 1640. The first-order chi connectivity index (χ1) is 20.2. The molecule has 0 fully saturated rings. The van der Waals surface area contributed by atoms with Gasteiger partial charge in [-0.15, -0.1) is 0 Å². The molecule has 2 aliphatic rings. The highest BCUT2D eigenvalue weighted by Gasteiger charge is 2.45. The first kappa shape index (κ1) is 23.7. The maximum atomic E-state index is 13.5. The second kappa shape index (κ2) is 10.5. The number of fused-ring (bicyclic) bond motifs is 9. The number of alkyl halides is 2. The van der Waals surface area contributed by atoms with Crippen LogP contribution in [0.1, 0.15) is 83.5 Å². The van der Waals surface area contributed by atoms with Crippen molar-refractivity contribution in [1.82, 2.24) is 19.4 Å². The summed E-state index contributed by atoms with van der Waals surface area (Å²) in [4.78, 5) is 32.7. The van der Waals surface area contributed by atoms with Gasteiger partial charge in [0.2, 0.25) is 0 Å². The first-order valence-electron chi connectivity index (χ1n) is 14.5. The van der Waals surface area contributed by atoms with Gasteiger partial charge in [0.05, 0.1) is 23.1 Å². The van der Waals surface area contributed by atoms with Crippen LogP contribution in [-0.4, -0.2) is 64.1 Å². The maximum Gasteiger partial charge on any atom is 0.410 e. The highest BCUT2D eigenvalue weighted by atomic mass is 19.3. The van der Waals surface area contributed by atoms with E-state index in [1.54, 1.807) is 19.2 Å². The quantitative estimate of drug-likeness (QED) is 0.297. The molecule has 3 aromatic rings. The molecule has 40 heavy (non-hydrogen) atoms. The minimum Gasteiger partial charge on any atom is -0.444 e. The van der Waals surface area contributed by atoms with Gasteiger partial charge in [0, 0.05) is 54.2 Å². The minimum absolute atomic E-state index is 0.00145. The minimum atomic E-state index is -3.13. The molecule has 1 aromatic heterocycles. The van der Waals surface area contributed by atoms with Crippen LogP contribution >= 0.6 is 0 Å². The smallest absolute Gasteiger partial charge is 0.410 e. The summed E-state index contributed by atoms with van der Waals surface area (Å²) in [5, 5.41) is 0. The standard InChI is InChI=1S/C30H32F2N4O4/c1-30(2,3)40-29(38)34(4)15-8-6-7-10-18-13-14-20-21(16-18)36-22-17-23(26(36)33-20)35(5)27(37)19-11-9-12-24(25(19)22)39-28(31)32/h9,11-14,16,22-23,28H,6,8,15,17H2,1-5H3/t22-,23-/m1/s1/i5D3. The van der Waals surface area contributed by atoms with E-state index in [0.717, 1.165) is 4.90 Å². The van der Waals surface area contributed by atoms with Crippen LogP contribution in [0.15, 0.2) is 36.4 Å². The van der Waals surface area contributed by atoms with Crippen LogP contribution in [0.25, 0.3) is 11.0 Å². The molecule has 0 radical (unpaired) electrons. The third-order valence-electron chi connectivity index (χ3n) is 6.88. The van der Waals surface area contributed by atoms with E-state index >= 15 is 0 Å². The van der Waals surface area contributed by atoms with Gasteiger partial charge in [0.1, 0.15) is 17.2 Å². The molecule has 2 bridgehead atoms. The van der Waals surface area contributed by atoms with Crippen molar-refractivity contribution in [2.24, 2.45) is 0 Å². The fourth-order valence-corrected chi connectivity index (χ4v) is 5.19. The number of benzene rings is 2. The molecule has 210 valence electrons. The van der Waals surface area contributed by atoms with E-state index in [9.17, 15) is 18.4 Å². The summed E-state index contributed by atoms with van der Waals surface area (Å²) in [6.07, 6.45) is 0.904. The predicted octanol–water partition coefficient (Wildman–Crippen LogP) is 5.76. The second-order valence-corrected chi connectivity index (χ2v) is 10.9. The second-order valence-electron chi connectivity index (χ2n) is 10.9. The Balaban J connectivity index is 1.47. The summed E-state index contributed by atoms with van der Waals surface area (Å²) >= 11 is 0. The van der Waals surface area contributed by atoms with Crippen molar-refractivity contribution in [3.8, 4) is 17.6 Å². The van der Waals surface area contributed by atoms with Gasteiger partial charge >= 0.3 is 12.7 Å². The van der Waals surface area contributed by atoms with Crippen LogP contribution in [0.3, 0.4) is 0 Å². The summed E-state index contributed by atoms with van der Waals surface area (Å²) in [5.74, 6) is 5.63. The molecule has 0 unspecified atom stereocenters. The molecule has 0 spiro atoms. The first-order valence-corrected chi connectivity index (χ1v) is 13.0. The number of aromatic nitrogens is 2. The number of carbonyl (C=O) groups excluding carboxylic acids is 2. The van der Waals surface area contributed by atoms with Crippen molar-refractivity contribution in [2.75, 3.05) is 20.6 Å². The lowest BCUT2D eigenvalue weighted by Gasteiger charge is -2.24. The molecule has 0 saturated heterocycles. The molecule has 0 saturated carbocycles. The van der Waals surface area contributed by atoms with Crippen molar-refractivity contribution in [1.29, 1.82) is 0 Å². The summed E-state index contributed by atoms with van der Waals surface area (Å²) in [7, 11) is 1.67. The SMILES string of the molecule is [2H]C([2H])([2H])N1C(=O)c2cccc(OC(F)F)c2[C@H]2C[C@@H]1c1nc3ccc(C#CCCCN(C)C(=O)OC(C)(C)C)cc3n12. The van der Waals surface area contributed by atoms with Crippen molar-refractivity contribution < 1.29 is 32.0 Å². The lowest BCUT2D eigenvalue weighted by Crippen LogP contribution is -2.34. The molecular formula is C30H32F2N4O4. The Morgan fingerprint density at radius 3 is 2.80 bits per heavy atom. The number of imidazole rings is 1. The van der Waals surface area contributed by atoms with Crippen LogP contribution in [0.2, 0.25) is 0 Å². The largest absolute Gasteiger partial charge is 0.444 e. The van der Waals surface area contributed by atoms with Gasteiger partial charge in [-0.05, 0) is 57.5 Å². The highest BCUT2D eigenvalue weighted by molar-refractivity contribution is 5.97. The highest BCUT2D eigenvalue weighted by Crippen LogP contribution is 2.49. The van der Waals surface area contributed by atoms with Crippen molar-refractivity contribution in [3.63, 3.8) is 0 Å². The average Bonchev–Trinajstić information content (AvgIpc) is 3.39. The monoisotopic (exact) mass is 553 g/mol. The van der Waals surface area contributed by atoms with E-state index in [4.69, 9.17) is 13.6 Å². The number of carbonyl (C=O) groups is 2. The number of unbranched alkanes of at least 4 members (excludes halogenated alkanes) is 1. The number of ether oxygens (including phenoxy) is 2. The van der Waals surface area contributed by atoms with Crippen molar-refractivity contribution in [2.45, 2.75) is 64.3 Å². The Morgan fingerprint density at radius 2 is 2.08 bits per heavy atom. The Hall–Kier alpha value is -4.13. The molecule has 3 heterocycles. The van der Waals surface area contributed by atoms with Crippen LogP contribution in [0, 0.1) is 11.8 Å². The van der Waals surface area contributed by atoms with Crippen molar-refractivity contribution >= 4 is 23.0 Å². The zero-order valence-corrected chi connectivity index (χ0v) is 22.7. The Morgan fingerprint density at radius 1 is 1.27 bits per heavy atom. The molecular weight excluding hydrogens is 518 g/mol. The van der Waals surface area contributed by atoms with Gasteiger partial charge < -0.3 is 23.8 Å². The summed E-state index contributed by atoms with van der Waals surface area (Å²) in [5.41, 5.74) is 1.50. The molecule has 0 aliphatic carbocycles. The number of halogens is 2. The molecule has 2 aliphatic heterocycles. The van der Waals surface area contributed by atoms with E-state index in [0.29, 0.717) is 41.8 Å². The van der Waals surface area contributed by atoms with E-state index in [2.05, 4.69) is 16.8 Å². The predicted molar refractivity (Wildman–Crippen MR) is 145 cm³/mol. The van der Waals surface area contributed by atoms with Gasteiger partial charge in [-0.25, -0.2) is 9.78 Å².